The summed E-state index contributed by atoms with van der Waals surface area (Å²) in [6.45, 7) is 3.04. The fourth-order valence-electron chi connectivity index (χ4n) is 4.06. The van der Waals surface area contributed by atoms with Crippen LogP contribution in [-0.2, 0) is 29.0 Å². The van der Waals surface area contributed by atoms with Crippen LogP contribution in [0.15, 0.2) is 0 Å². The van der Waals surface area contributed by atoms with E-state index in [4.69, 9.17) is 9.84 Å². The van der Waals surface area contributed by atoms with Crippen molar-refractivity contribution in [1.29, 1.82) is 0 Å². The number of hydrogen-bond donors (Lipinski definition) is 1. The molecule has 3 fully saturated rings. The second-order valence-corrected chi connectivity index (χ2v) is 10.4. The van der Waals surface area contributed by atoms with Gasteiger partial charge >= 0.3 is 11.9 Å². The van der Waals surface area contributed by atoms with Crippen LogP contribution < -0.4 is 0 Å². The van der Waals surface area contributed by atoms with Crippen molar-refractivity contribution in [2.75, 3.05) is 6.61 Å². The maximum atomic E-state index is 12.5. The molecule has 1 N–H and O–H groups in total. The van der Waals surface area contributed by atoms with E-state index < -0.39 is 37.9 Å². The van der Waals surface area contributed by atoms with Crippen LogP contribution in [0.4, 0.5) is 0 Å². The Morgan fingerprint density at radius 3 is 2.36 bits per heavy atom. The zero-order valence-corrected chi connectivity index (χ0v) is 15.1. The first kappa shape index (κ1) is 18.2. The van der Waals surface area contributed by atoms with Gasteiger partial charge in [0.15, 0.2) is 9.84 Å². The molecule has 0 aromatic carbocycles. The minimum atomic E-state index is -3.61. The Kier molecular flexibility index (Phi) is 4.33. The number of amides is 1. The largest absolute Gasteiger partial charge is 0.481 e. The first-order valence-electron chi connectivity index (χ1n) is 8.51. The molecule has 3 aliphatic rings. The number of carbonyl (C=O) groups is 3. The number of β-lactam (4-membered cyclic amide) rings is 1. The topological polar surface area (TPSA) is 118 Å². The van der Waals surface area contributed by atoms with Gasteiger partial charge in [0.25, 0.3) is 0 Å². The van der Waals surface area contributed by atoms with Crippen LogP contribution >= 0.6 is 0 Å². The van der Waals surface area contributed by atoms with Gasteiger partial charge in [0.05, 0.1) is 23.7 Å². The smallest absolute Gasteiger partial charge is 0.330 e. The van der Waals surface area contributed by atoms with Crippen LogP contribution in [0, 0.1) is 11.8 Å². The lowest BCUT2D eigenvalue weighted by Crippen LogP contribution is -2.57. The van der Waals surface area contributed by atoms with Gasteiger partial charge in [-0.25, -0.2) is 13.2 Å². The molecule has 3 rings (SSSR count). The van der Waals surface area contributed by atoms with E-state index in [0.717, 1.165) is 4.90 Å². The molecule has 0 radical (unpaired) electrons. The highest BCUT2D eigenvalue weighted by atomic mass is 32.2. The Hall–Kier alpha value is -1.64. The summed E-state index contributed by atoms with van der Waals surface area (Å²) < 4.78 is 28.9. The highest BCUT2D eigenvalue weighted by Gasteiger charge is 2.68. The second-order valence-electron chi connectivity index (χ2n) is 7.70. The van der Waals surface area contributed by atoms with Crippen molar-refractivity contribution in [3.8, 4) is 0 Å². The molecule has 1 aliphatic carbocycles. The van der Waals surface area contributed by atoms with E-state index >= 15 is 0 Å². The third kappa shape index (κ3) is 2.72. The van der Waals surface area contributed by atoms with Gasteiger partial charge in [0, 0.05) is 0 Å². The van der Waals surface area contributed by atoms with Crippen LogP contribution in [0.3, 0.4) is 0 Å². The summed E-state index contributed by atoms with van der Waals surface area (Å²) in [7, 11) is -3.61. The Balaban J connectivity index is 1.62. The molecule has 8 nitrogen and oxygen atoms in total. The Morgan fingerprint density at radius 2 is 1.84 bits per heavy atom. The molecule has 2 atom stereocenters. The molecular formula is C16H23NO7S. The minimum absolute atomic E-state index is 0.0727. The summed E-state index contributed by atoms with van der Waals surface area (Å²) in [4.78, 5) is 36.4. The van der Waals surface area contributed by atoms with E-state index in [1.54, 1.807) is 0 Å². The third-order valence-electron chi connectivity index (χ3n) is 5.86. The zero-order chi connectivity index (χ0) is 18.6. The lowest BCUT2D eigenvalue weighted by molar-refractivity contribution is -0.162. The predicted octanol–water partition coefficient (Wildman–Crippen LogP) is 0.555. The van der Waals surface area contributed by atoms with Gasteiger partial charge in [0.1, 0.15) is 11.4 Å². The number of fused-ring (bicyclic) bond motifs is 1. The van der Waals surface area contributed by atoms with Crippen molar-refractivity contribution < 1.29 is 32.6 Å². The van der Waals surface area contributed by atoms with Crippen LogP contribution in [0.1, 0.15) is 46.0 Å². The molecule has 2 heterocycles. The molecule has 0 unspecified atom stereocenters. The average molecular weight is 373 g/mol. The molecule has 0 aromatic heterocycles. The number of aliphatic carboxylic acids is 1. The van der Waals surface area contributed by atoms with Crippen LogP contribution in [0.2, 0.25) is 0 Å². The first-order chi connectivity index (χ1) is 11.6. The quantitative estimate of drug-likeness (QED) is 0.565. The number of rotatable bonds is 4. The van der Waals surface area contributed by atoms with Gasteiger partial charge in [-0.3, -0.25) is 9.59 Å². The van der Waals surface area contributed by atoms with Crippen molar-refractivity contribution >= 4 is 27.7 Å². The Bertz CT molecular complexity index is 706. The number of carboxylic acids is 1. The van der Waals surface area contributed by atoms with Crippen molar-refractivity contribution in [3.05, 3.63) is 0 Å². The van der Waals surface area contributed by atoms with Crippen LogP contribution in [0.5, 0.6) is 0 Å². The number of ether oxygens (including phenoxy) is 1. The molecule has 0 aromatic rings. The lowest BCUT2D eigenvalue weighted by Gasteiger charge is -2.36. The van der Waals surface area contributed by atoms with Gasteiger partial charge < -0.3 is 14.7 Å². The van der Waals surface area contributed by atoms with Crippen LogP contribution in [0.25, 0.3) is 0 Å². The number of hydrogen-bond acceptors (Lipinski definition) is 6. The predicted molar refractivity (Wildman–Crippen MR) is 86.1 cm³/mol. The molecule has 140 valence electrons. The first-order valence-corrected chi connectivity index (χ1v) is 10.1. The number of esters is 1. The third-order valence-corrected chi connectivity index (χ3v) is 8.66. The maximum Gasteiger partial charge on any atom is 0.330 e. The van der Waals surface area contributed by atoms with Crippen molar-refractivity contribution in [3.63, 3.8) is 0 Å². The summed E-state index contributed by atoms with van der Waals surface area (Å²) in [5.41, 5.74) is 0. The molecule has 9 heteroatoms. The number of nitrogens with zero attached hydrogens (tertiary/aromatic N) is 1. The van der Waals surface area contributed by atoms with Crippen molar-refractivity contribution in [1.82, 2.24) is 4.90 Å². The monoisotopic (exact) mass is 373 g/mol. The van der Waals surface area contributed by atoms with Gasteiger partial charge in [-0.15, -0.1) is 0 Å². The summed E-state index contributed by atoms with van der Waals surface area (Å²) in [5.74, 6) is -2.10. The fraction of sp³-hybridized carbons (Fsp3) is 0.812. The summed E-state index contributed by atoms with van der Waals surface area (Å²) >= 11 is 0. The lowest BCUT2D eigenvalue weighted by atomic mass is 9.82. The normalized spacial score (nSPS) is 35.6. The van der Waals surface area contributed by atoms with Crippen molar-refractivity contribution in [2.24, 2.45) is 11.8 Å². The average Bonchev–Trinajstić information content (AvgIpc) is 2.66. The zero-order valence-electron chi connectivity index (χ0n) is 14.3. The maximum absolute atomic E-state index is 12.5. The molecule has 0 bridgehead atoms. The van der Waals surface area contributed by atoms with Gasteiger partial charge in [-0.05, 0) is 45.4 Å². The highest BCUT2D eigenvalue weighted by molar-refractivity contribution is 7.93. The minimum Gasteiger partial charge on any atom is -0.481 e. The van der Waals surface area contributed by atoms with Gasteiger partial charge in [-0.2, -0.15) is 0 Å². The molecule has 25 heavy (non-hydrogen) atoms. The van der Waals surface area contributed by atoms with E-state index in [0.29, 0.717) is 25.7 Å². The van der Waals surface area contributed by atoms with E-state index in [9.17, 15) is 22.8 Å². The number of carboxylic acid groups (broad SMARTS) is 1. The van der Waals surface area contributed by atoms with Gasteiger partial charge in [-0.1, -0.05) is 0 Å². The fourth-order valence-corrected chi connectivity index (χ4v) is 6.19. The molecule has 1 amide bonds. The van der Waals surface area contributed by atoms with E-state index in [2.05, 4.69) is 0 Å². The number of sulfone groups is 1. The summed E-state index contributed by atoms with van der Waals surface area (Å²) in [6, 6.07) is -1.11. The summed E-state index contributed by atoms with van der Waals surface area (Å²) in [6.07, 6.45) is 2.33. The Morgan fingerprint density at radius 1 is 1.24 bits per heavy atom. The molecule has 0 spiro atoms. The van der Waals surface area contributed by atoms with Crippen molar-refractivity contribution in [2.45, 2.75) is 62.1 Å². The molecular weight excluding hydrogens is 350 g/mol. The number of carbonyl (C=O) groups excluding carboxylic acids is 2. The molecule has 2 aliphatic heterocycles. The van der Waals surface area contributed by atoms with Crippen LogP contribution in [-0.4, -0.2) is 59.0 Å². The SMILES string of the molecule is CC1(C)[C@H](C(=O)OCC2CCC(C(=O)O)CC2)N2C(=O)C[C@H]2S1(=O)=O. The van der Waals surface area contributed by atoms with E-state index in [-0.39, 0.29) is 30.8 Å². The van der Waals surface area contributed by atoms with Gasteiger partial charge in [0.2, 0.25) is 5.91 Å². The van der Waals surface area contributed by atoms with E-state index in [1.165, 1.54) is 13.8 Å². The highest BCUT2D eigenvalue weighted by Crippen LogP contribution is 2.46. The standard InChI is InChI=1S/C16H23NO7S/c1-16(2)13(17-11(18)7-12(17)25(16,22)23)15(21)24-8-9-3-5-10(6-4-9)14(19)20/h9-10,12-13H,3-8H2,1-2H3,(H,19,20)/t9?,10?,12-,13+/m1/s1. The second kappa shape index (κ2) is 5.96. The van der Waals surface area contributed by atoms with E-state index in [1.807, 2.05) is 0 Å². The summed E-state index contributed by atoms with van der Waals surface area (Å²) in [5, 5.41) is 8.08. The molecule has 2 saturated heterocycles. The molecule has 1 saturated carbocycles. The Labute approximate surface area is 146 Å².